The van der Waals surface area contributed by atoms with Crippen molar-refractivity contribution in [3.63, 3.8) is 0 Å². The van der Waals surface area contributed by atoms with Crippen molar-refractivity contribution in [1.29, 1.82) is 0 Å². The molecule has 0 aliphatic heterocycles. The number of hydrogen-bond donors (Lipinski definition) is 0. The Labute approximate surface area is 98.7 Å². The van der Waals surface area contributed by atoms with E-state index in [-0.39, 0.29) is 4.95 Å². The minimum absolute atomic E-state index is 0.120. The van der Waals surface area contributed by atoms with Gasteiger partial charge in [0.1, 0.15) is 10.5 Å². The minimum atomic E-state index is 0.120. The summed E-state index contributed by atoms with van der Waals surface area (Å²) in [6.45, 7) is 2.07. The molecule has 14 heavy (non-hydrogen) atoms. The van der Waals surface area contributed by atoms with E-state index in [4.69, 9.17) is 0 Å². The lowest BCUT2D eigenvalue weighted by atomic mass is 10.3. The van der Waals surface area contributed by atoms with Crippen molar-refractivity contribution in [2.45, 2.75) is 16.7 Å². The van der Waals surface area contributed by atoms with Crippen LogP contribution in [0.2, 0.25) is 0 Å². The molecule has 0 N–H and O–H groups in total. The molecule has 2 unspecified atom stereocenters. The lowest BCUT2D eigenvalue weighted by Crippen LogP contribution is -2.11. The molecular formula is C9H9Br2N3. The molecule has 2 rings (SSSR count). The zero-order chi connectivity index (χ0) is 10.1. The van der Waals surface area contributed by atoms with Crippen LogP contribution in [-0.4, -0.2) is 19.8 Å². The molecule has 0 spiro atoms. The summed E-state index contributed by atoms with van der Waals surface area (Å²) in [7, 11) is 0. The second-order valence-corrected chi connectivity index (χ2v) is 5.46. The van der Waals surface area contributed by atoms with Crippen LogP contribution >= 0.6 is 31.9 Å². The third kappa shape index (κ3) is 1.70. The van der Waals surface area contributed by atoms with Crippen LogP contribution in [0.15, 0.2) is 24.3 Å². The molecule has 3 nitrogen and oxygen atoms in total. The summed E-state index contributed by atoms with van der Waals surface area (Å²) in [6.07, 6.45) is 0. The zero-order valence-electron chi connectivity index (χ0n) is 7.56. The first-order valence-corrected chi connectivity index (χ1v) is 6.11. The van der Waals surface area contributed by atoms with Crippen molar-refractivity contribution in [1.82, 2.24) is 15.0 Å². The Hall–Kier alpha value is -0.420. The van der Waals surface area contributed by atoms with E-state index in [0.29, 0.717) is 4.83 Å². The largest absolute Gasteiger partial charge is 0.230 e. The maximum Gasteiger partial charge on any atom is 0.121 e. The van der Waals surface area contributed by atoms with E-state index in [9.17, 15) is 0 Å². The molecule has 2 atom stereocenters. The van der Waals surface area contributed by atoms with E-state index in [1.165, 1.54) is 0 Å². The fourth-order valence-corrected chi connectivity index (χ4v) is 1.79. The first-order chi connectivity index (χ1) is 6.70. The van der Waals surface area contributed by atoms with Crippen molar-refractivity contribution >= 4 is 42.9 Å². The van der Waals surface area contributed by atoms with Crippen LogP contribution in [0, 0.1) is 0 Å². The van der Waals surface area contributed by atoms with Crippen molar-refractivity contribution in [3.8, 4) is 0 Å². The Morgan fingerprint density at radius 3 is 2.71 bits per heavy atom. The molecule has 74 valence electrons. The fraction of sp³-hybridized carbons (Fsp3) is 0.333. The van der Waals surface area contributed by atoms with Gasteiger partial charge in [0.25, 0.3) is 0 Å². The van der Waals surface area contributed by atoms with Gasteiger partial charge in [-0.1, -0.05) is 49.2 Å². The van der Waals surface area contributed by atoms with Gasteiger partial charge in [-0.2, -0.15) is 0 Å². The van der Waals surface area contributed by atoms with E-state index < -0.39 is 0 Å². The van der Waals surface area contributed by atoms with E-state index in [2.05, 4.69) is 49.1 Å². The third-order valence-electron chi connectivity index (χ3n) is 1.99. The predicted molar refractivity (Wildman–Crippen MR) is 63.9 cm³/mol. The number of aromatic nitrogens is 3. The number of rotatable bonds is 2. The number of alkyl halides is 2. The van der Waals surface area contributed by atoms with Crippen LogP contribution < -0.4 is 0 Å². The number of fused-ring (bicyclic) bond motifs is 1. The van der Waals surface area contributed by atoms with Crippen molar-refractivity contribution in [2.24, 2.45) is 0 Å². The standard InChI is InChI=1S/C9H9Br2N3/c1-6(10)9(11)14-8-5-3-2-4-7(8)12-13-14/h2-6,9H,1H3. The second kappa shape index (κ2) is 3.98. The van der Waals surface area contributed by atoms with Crippen LogP contribution in [-0.2, 0) is 0 Å². The van der Waals surface area contributed by atoms with Gasteiger partial charge in [-0.25, -0.2) is 4.68 Å². The Kier molecular flexibility index (Phi) is 2.88. The first kappa shape index (κ1) is 10.1. The SMILES string of the molecule is CC(Br)C(Br)n1nnc2ccccc21. The number of para-hydroxylation sites is 1. The maximum absolute atomic E-state index is 4.11. The highest BCUT2D eigenvalue weighted by atomic mass is 79.9. The average molecular weight is 319 g/mol. The highest BCUT2D eigenvalue weighted by Gasteiger charge is 2.16. The van der Waals surface area contributed by atoms with Gasteiger partial charge in [0.15, 0.2) is 0 Å². The van der Waals surface area contributed by atoms with Crippen molar-refractivity contribution in [2.75, 3.05) is 0 Å². The molecule has 1 heterocycles. The fourth-order valence-electron chi connectivity index (χ4n) is 1.26. The van der Waals surface area contributed by atoms with E-state index in [0.717, 1.165) is 11.0 Å². The molecule has 0 aliphatic rings. The van der Waals surface area contributed by atoms with Crippen LogP contribution in [0.1, 0.15) is 11.9 Å². The van der Waals surface area contributed by atoms with Gasteiger partial charge in [0.05, 0.1) is 5.52 Å². The quantitative estimate of drug-likeness (QED) is 0.797. The Morgan fingerprint density at radius 2 is 2.00 bits per heavy atom. The van der Waals surface area contributed by atoms with E-state index in [1.807, 2.05) is 28.9 Å². The molecule has 0 radical (unpaired) electrons. The Balaban J connectivity index is 2.53. The van der Waals surface area contributed by atoms with Gasteiger partial charge >= 0.3 is 0 Å². The molecule has 0 saturated heterocycles. The van der Waals surface area contributed by atoms with Crippen LogP contribution in [0.4, 0.5) is 0 Å². The molecule has 1 aromatic heterocycles. The summed E-state index contributed by atoms with van der Waals surface area (Å²) < 4.78 is 1.87. The molecular weight excluding hydrogens is 310 g/mol. The Bertz CT molecular complexity index is 438. The number of halogens is 2. The van der Waals surface area contributed by atoms with Crippen molar-refractivity contribution in [3.05, 3.63) is 24.3 Å². The summed E-state index contributed by atoms with van der Waals surface area (Å²) in [5, 5.41) is 8.19. The highest BCUT2D eigenvalue weighted by Crippen LogP contribution is 2.27. The van der Waals surface area contributed by atoms with Gasteiger partial charge in [-0.3, -0.25) is 0 Å². The molecule has 0 amide bonds. The molecule has 1 aromatic carbocycles. The normalized spacial score (nSPS) is 15.6. The lowest BCUT2D eigenvalue weighted by molar-refractivity contribution is 0.602. The summed E-state index contributed by atoms with van der Waals surface area (Å²) in [4.78, 5) is 0.419. The first-order valence-electron chi connectivity index (χ1n) is 4.28. The average Bonchev–Trinajstić information content (AvgIpc) is 2.60. The topological polar surface area (TPSA) is 30.7 Å². The minimum Gasteiger partial charge on any atom is -0.230 e. The van der Waals surface area contributed by atoms with E-state index >= 15 is 0 Å². The lowest BCUT2D eigenvalue weighted by Gasteiger charge is -2.12. The Morgan fingerprint density at radius 1 is 1.29 bits per heavy atom. The predicted octanol–water partition coefficient (Wildman–Crippen LogP) is 3.11. The number of benzene rings is 1. The molecule has 0 bridgehead atoms. The molecule has 0 fully saturated rings. The van der Waals surface area contributed by atoms with Crippen LogP contribution in [0.3, 0.4) is 0 Å². The number of nitrogens with zero attached hydrogens (tertiary/aromatic N) is 3. The summed E-state index contributed by atoms with van der Waals surface area (Å²) in [6, 6.07) is 7.92. The van der Waals surface area contributed by atoms with Gasteiger partial charge in [0, 0.05) is 4.83 Å². The molecule has 2 aromatic rings. The van der Waals surface area contributed by atoms with Crippen LogP contribution in [0.5, 0.6) is 0 Å². The molecule has 0 aliphatic carbocycles. The maximum atomic E-state index is 4.11. The smallest absolute Gasteiger partial charge is 0.121 e. The van der Waals surface area contributed by atoms with Gasteiger partial charge in [0.2, 0.25) is 0 Å². The van der Waals surface area contributed by atoms with Crippen LogP contribution in [0.25, 0.3) is 11.0 Å². The van der Waals surface area contributed by atoms with E-state index in [1.54, 1.807) is 0 Å². The highest BCUT2D eigenvalue weighted by molar-refractivity contribution is 9.12. The summed E-state index contributed by atoms with van der Waals surface area (Å²) in [5.41, 5.74) is 1.96. The van der Waals surface area contributed by atoms with Gasteiger partial charge in [-0.05, 0) is 19.1 Å². The summed E-state index contributed by atoms with van der Waals surface area (Å²) >= 11 is 7.08. The van der Waals surface area contributed by atoms with Gasteiger partial charge in [-0.15, -0.1) is 5.10 Å². The number of hydrogen-bond acceptors (Lipinski definition) is 2. The zero-order valence-corrected chi connectivity index (χ0v) is 10.7. The molecule has 5 heteroatoms. The van der Waals surface area contributed by atoms with Gasteiger partial charge < -0.3 is 0 Å². The second-order valence-electron chi connectivity index (χ2n) is 3.07. The monoisotopic (exact) mass is 317 g/mol. The molecule has 0 saturated carbocycles. The third-order valence-corrected chi connectivity index (χ3v) is 4.38. The van der Waals surface area contributed by atoms with Crippen molar-refractivity contribution < 1.29 is 0 Å². The summed E-state index contributed by atoms with van der Waals surface area (Å²) in [5.74, 6) is 0.